The van der Waals surface area contributed by atoms with Gasteiger partial charge in [-0.25, -0.2) is 0 Å². The lowest BCUT2D eigenvalue weighted by atomic mass is 9.84. The van der Waals surface area contributed by atoms with Crippen molar-refractivity contribution in [1.29, 1.82) is 0 Å². The van der Waals surface area contributed by atoms with Crippen molar-refractivity contribution in [3.63, 3.8) is 0 Å². The molecule has 5 heteroatoms. The molecule has 1 amide bonds. The van der Waals surface area contributed by atoms with Crippen LogP contribution in [-0.4, -0.2) is 38.7 Å². The number of amides is 1. The molecule has 1 fully saturated rings. The van der Waals surface area contributed by atoms with Gasteiger partial charge in [0.1, 0.15) is 0 Å². The van der Waals surface area contributed by atoms with Crippen LogP contribution in [0, 0.1) is 5.41 Å². The molecule has 0 bridgehead atoms. The van der Waals surface area contributed by atoms with Gasteiger partial charge >= 0.3 is 5.97 Å². The van der Waals surface area contributed by atoms with Crippen LogP contribution in [0.5, 0.6) is 0 Å². The molecule has 0 aromatic heterocycles. The minimum atomic E-state index is -1.15. The molecular weight excluding hydrogens is 246 g/mol. The molecule has 0 aliphatic carbocycles. The van der Waals surface area contributed by atoms with Gasteiger partial charge < -0.3 is 14.4 Å². The number of ether oxygens (including phenoxy) is 2. The quantitative estimate of drug-likeness (QED) is 0.583. The van der Waals surface area contributed by atoms with Crippen molar-refractivity contribution in [3.8, 4) is 0 Å². The molecule has 2 heterocycles. The van der Waals surface area contributed by atoms with Crippen molar-refractivity contribution in [1.82, 2.24) is 0 Å². The van der Waals surface area contributed by atoms with Crippen LogP contribution < -0.4 is 4.90 Å². The lowest BCUT2D eigenvalue weighted by molar-refractivity contribution is -0.186. The van der Waals surface area contributed by atoms with Crippen LogP contribution in [0.15, 0.2) is 24.3 Å². The summed E-state index contributed by atoms with van der Waals surface area (Å²) in [5, 5.41) is 0. The van der Waals surface area contributed by atoms with Crippen LogP contribution >= 0.6 is 0 Å². The van der Waals surface area contributed by atoms with Gasteiger partial charge in [0.05, 0.1) is 20.3 Å². The van der Waals surface area contributed by atoms with E-state index in [1.54, 1.807) is 4.90 Å². The van der Waals surface area contributed by atoms with Crippen LogP contribution in [0.25, 0.3) is 0 Å². The number of para-hydroxylation sites is 1. The number of nitrogens with zero attached hydrogens (tertiary/aromatic N) is 1. The lowest BCUT2D eigenvalue weighted by Crippen LogP contribution is -2.60. The van der Waals surface area contributed by atoms with Crippen molar-refractivity contribution in [2.24, 2.45) is 5.41 Å². The molecule has 3 rings (SSSR count). The monoisotopic (exact) mass is 261 g/mol. The Morgan fingerprint density at radius 1 is 1.32 bits per heavy atom. The highest BCUT2D eigenvalue weighted by Crippen LogP contribution is 2.36. The molecule has 0 saturated carbocycles. The third-order valence-corrected chi connectivity index (χ3v) is 3.81. The second kappa shape index (κ2) is 4.35. The van der Waals surface area contributed by atoms with E-state index < -0.39 is 11.4 Å². The first-order chi connectivity index (χ1) is 9.19. The van der Waals surface area contributed by atoms with E-state index in [-0.39, 0.29) is 19.1 Å². The molecule has 5 nitrogen and oxygen atoms in total. The molecule has 0 atom stereocenters. The Morgan fingerprint density at radius 2 is 2.05 bits per heavy atom. The summed E-state index contributed by atoms with van der Waals surface area (Å²) in [6, 6.07) is 7.76. The molecule has 0 N–H and O–H groups in total. The minimum Gasteiger partial charge on any atom is -0.468 e. The lowest BCUT2D eigenvalue weighted by Gasteiger charge is -2.39. The fraction of sp³-hybridized carbons (Fsp3) is 0.429. The van der Waals surface area contributed by atoms with E-state index in [4.69, 9.17) is 9.47 Å². The molecule has 2 aliphatic heterocycles. The fourth-order valence-electron chi connectivity index (χ4n) is 2.64. The first kappa shape index (κ1) is 12.2. The first-order valence-corrected chi connectivity index (χ1v) is 6.25. The highest BCUT2D eigenvalue weighted by atomic mass is 16.5. The molecule has 1 saturated heterocycles. The van der Waals surface area contributed by atoms with Crippen molar-refractivity contribution >= 4 is 17.6 Å². The Kier molecular flexibility index (Phi) is 2.78. The Bertz CT molecular complexity index is 536. The van der Waals surface area contributed by atoms with Gasteiger partial charge in [0.15, 0.2) is 5.41 Å². The van der Waals surface area contributed by atoms with Gasteiger partial charge in [-0.1, -0.05) is 18.2 Å². The number of anilines is 1. The van der Waals surface area contributed by atoms with Gasteiger partial charge in [-0.3, -0.25) is 9.59 Å². The largest absolute Gasteiger partial charge is 0.468 e. The second-order valence-electron chi connectivity index (χ2n) is 4.90. The number of rotatable bonds is 2. The van der Waals surface area contributed by atoms with Gasteiger partial charge in [-0.2, -0.15) is 0 Å². The van der Waals surface area contributed by atoms with E-state index >= 15 is 0 Å². The zero-order valence-electron chi connectivity index (χ0n) is 10.7. The topological polar surface area (TPSA) is 55.8 Å². The Labute approximate surface area is 111 Å². The molecule has 19 heavy (non-hydrogen) atoms. The van der Waals surface area contributed by atoms with Gasteiger partial charge in [0.25, 0.3) is 0 Å². The molecule has 0 unspecified atom stereocenters. The van der Waals surface area contributed by atoms with Gasteiger partial charge in [0, 0.05) is 12.2 Å². The maximum absolute atomic E-state index is 12.7. The van der Waals surface area contributed by atoms with E-state index in [2.05, 4.69) is 0 Å². The second-order valence-corrected chi connectivity index (χ2v) is 4.90. The average molecular weight is 261 g/mol. The van der Waals surface area contributed by atoms with Crippen LogP contribution in [0.3, 0.4) is 0 Å². The van der Waals surface area contributed by atoms with E-state index in [0.29, 0.717) is 6.54 Å². The number of hydrogen-bond acceptors (Lipinski definition) is 4. The predicted octanol–water partition coefficient (Wildman–Crippen LogP) is 0.765. The Balaban J connectivity index is 1.91. The summed E-state index contributed by atoms with van der Waals surface area (Å²) in [6.45, 7) is 0.825. The average Bonchev–Trinajstić information content (AvgIpc) is 2.80. The SMILES string of the molecule is COC(=O)C1(C(=O)N2CCc3ccccc32)COC1. The zero-order valence-corrected chi connectivity index (χ0v) is 10.7. The summed E-state index contributed by atoms with van der Waals surface area (Å²) < 4.78 is 9.84. The molecule has 1 aromatic rings. The summed E-state index contributed by atoms with van der Waals surface area (Å²) >= 11 is 0. The normalized spacial score (nSPS) is 19.5. The Hall–Kier alpha value is -1.88. The van der Waals surface area contributed by atoms with Gasteiger partial charge in [-0.05, 0) is 18.1 Å². The highest BCUT2D eigenvalue weighted by molar-refractivity contribution is 6.11. The summed E-state index contributed by atoms with van der Waals surface area (Å²) in [4.78, 5) is 26.2. The third-order valence-electron chi connectivity index (χ3n) is 3.81. The van der Waals surface area contributed by atoms with E-state index in [1.165, 1.54) is 7.11 Å². The summed E-state index contributed by atoms with van der Waals surface area (Å²) in [5.74, 6) is -0.719. The van der Waals surface area contributed by atoms with Crippen molar-refractivity contribution < 1.29 is 19.1 Å². The van der Waals surface area contributed by atoms with Crippen molar-refractivity contribution in [2.75, 3.05) is 31.8 Å². The smallest absolute Gasteiger partial charge is 0.326 e. The molecule has 0 radical (unpaired) electrons. The number of hydrogen-bond donors (Lipinski definition) is 0. The predicted molar refractivity (Wildman–Crippen MR) is 67.8 cm³/mol. The standard InChI is InChI=1S/C14H15NO4/c1-18-13(17)14(8-19-9-14)12(16)15-7-6-10-4-2-3-5-11(10)15/h2-5H,6-9H2,1H3. The van der Waals surface area contributed by atoms with Crippen molar-refractivity contribution in [3.05, 3.63) is 29.8 Å². The molecule has 100 valence electrons. The highest BCUT2D eigenvalue weighted by Gasteiger charge is 2.56. The van der Waals surface area contributed by atoms with Crippen LogP contribution in [0.2, 0.25) is 0 Å². The van der Waals surface area contributed by atoms with Gasteiger partial charge in [-0.15, -0.1) is 0 Å². The zero-order chi connectivity index (χ0) is 13.5. The Morgan fingerprint density at radius 3 is 2.68 bits per heavy atom. The third kappa shape index (κ3) is 1.65. The number of carbonyl (C=O) groups excluding carboxylic acids is 2. The van der Waals surface area contributed by atoms with E-state index in [9.17, 15) is 9.59 Å². The van der Waals surface area contributed by atoms with E-state index in [1.807, 2.05) is 24.3 Å². The molecule has 1 aromatic carbocycles. The minimum absolute atomic E-state index is 0.108. The van der Waals surface area contributed by atoms with Gasteiger partial charge in [0.2, 0.25) is 5.91 Å². The first-order valence-electron chi connectivity index (χ1n) is 6.25. The van der Waals surface area contributed by atoms with Crippen LogP contribution in [0.4, 0.5) is 5.69 Å². The number of esters is 1. The van der Waals surface area contributed by atoms with Crippen molar-refractivity contribution in [2.45, 2.75) is 6.42 Å². The number of benzene rings is 1. The number of fused-ring (bicyclic) bond motifs is 1. The summed E-state index contributed by atoms with van der Waals surface area (Å²) in [7, 11) is 1.30. The van der Waals surface area contributed by atoms with Crippen LogP contribution in [0.1, 0.15) is 5.56 Å². The van der Waals surface area contributed by atoms with E-state index in [0.717, 1.165) is 17.7 Å². The summed E-state index contributed by atoms with van der Waals surface area (Å²) in [5.41, 5.74) is 0.880. The maximum Gasteiger partial charge on any atom is 0.326 e. The molecule has 0 spiro atoms. The molecule has 2 aliphatic rings. The number of carbonyl (C=O) groups is 2. The molecular formula is C14H15NO4. The fourth-order valence-corrected chi connectivity index (χ4v) is 2.64. The number of methoxy groups -OCH3 is 1. The van der Waals surface area contributed by atoms with Crippen LogP contribution in [-0.2, 0) is 25.5 Å². The maximum atomic E-state index is 12.7. The summed E-state index contributed by atoms with van der Waals surface area (Å²) in [6.07, 6.45) is 0.819.